The van der Waals surface area contributed by atoms with Crippen molar-refractivity contribution >= 4 is 22.8 Å². The highest BCUT2D eigenvalue weighted by molar-refractivity contribution is 5.94. The number of carbonyl (C=O) groups excluding carboxylic acids is 1. The Hall–Kier alpha value is -3.29. The molecule has 1 atom stereocenters. The molecule has 0 spiro atoms. The van der Waals surface area contributed by atoms with E-state index in [0.29, 0.717) is 18.7 Å². The zero-order valence-corrected chi connectivity index (χ0v) is 14.2. The van der Waals surface area contributed by atoms with E-state index in [1.165, 1.54) is 4.90 Å². The van der Waals surface area contributed by atoms with E-state index in [9.17, 15) is 9.59 Å². The summed E-state index contributed by atoms with van der Waals surface area (Å²) in [7, 11) is 0. The van der Waals surface area contributed by atoms with Gasteiger partial charge in [0.2, 0.25) is 0 Å². The maximum absolute atomic E-state index is 12.7. The molecule has 0 aliphatic carbocycles. The number of carbonyl (C=O) groups is 2. The highest BCUT2D eigenvalue weighted by Crippen LogP contribution is 2.23. The van der Waals surface area contributed by atoms with Crippen molar-refractivity contribution in [2.45, 2.75) is 13.3 Å². The van der Waals surface area contributed by atoms with Crippen molar-refractivity contribution in [3.05, 3.63) is 47.9 Å². The van der Waals surface area contributed by atoms with Crippen molar-refractivity contribution in [1.82, 2.24) is 24.9 Å². The predicted octanol–water partition coefficient (Wildman–Crippen LogP) is 1.67. The molecule has 0 saturated carbocycles. The molecule has 0 bridgehead atoms. The van der Waals surface area contributed by atoms with Gasteiger partial charge in [-0.2, -0.15) is 0 Å². The zero-order valence-electron chi connectivity index (χ0n) is 14.2. The second kappa shape index (κ2) is 6.21. The van der Waals surface area contributed by atoms with Crippen molar-refractivity contribution in [3.63, 3.8) is 0 Å². The summed E-state index contributed by atoms with van der Waals surface area (Å²) in [5.41, 5.74) is 2.36. The molecule has 26 heavy (non-hydrogen) atoms. The molecule has 4 rings (SSSR count). The third-order valence-corrected chi connectivity index (χ3v) is 4.76. The fourth-order valence-corrected chi connectivity index (χ4v) is 3.31. The van der Waals surface area contributed by atoms with Gasteiger partial charge in [-0.15, -0.1) is 5.10 Å². The molecule has 132 valence electrons. The average Bonchev–Trinajstić information content (AvgIpc) is 3.28. The van der Waals surface area contributed by atoms with Gasteiger partial charge in [0.15, 0.2) is 5.69 Å². The molecular weight excluding hydrogens is 334 g/mol. The number of carboxylic acid groups (broad SMARTS) is 1. The quantitative estimate of drug-likeness (QED) is 0.770. The monoisotopic (exact) mass is 351 g/mol. The van der Waals surface area contributed by atoms with E-state index in [1.54, 1.807) is 17.8 Å². The minimum Gasteiger partial charge on any atom is -0.481 e. The van der Waals surface area contributed by atoms with Crippen LogP contribution < -0.4 is 0 Å². The van der Waals surface area contributed by atoms with E-state index >= 15 is 0 Å². The summed E-state index contributed by atoms with van der Waals surface area (Å²) in [4.78, 5) is 29.8. The van der Waals surface area contributed by atoms with E-state index < -0.39 is 11.9 Å². The fraction of sp³-hybridized carbons (Fsp3) is 0.278. The number of carboxylic acids is 1. The van der Waals surface area contributed by atoms with Crippen LogP contribution in [0.25, 0.3) is 16.6 Å². The predicted molar refractivity (Wildman–Crippen MR) is 93.0 cm³/mol. The molecule has 1 amide bonds. The number of likely N-dealkylation sites (tertiary alicyclic amines) is 1. The van der Waals surface area contributed by atoms with E-state index in [4.69, 9.17) is 5.11 Å². The van der Waals surface area contributed by atoms with Crippen LogP contribution in [0.5, 0.6) is 0 Å². The molecular formula is C18H17N5O3. The lowest BCUT2D eigenvalue weighted by atomic mass is 10.1. The molecule has 1 aliphatic rings. The third-order valence-electron chi connectivity index (χ3n) is 4.76. The van der Waals surface area contributed by atoms with Gasteiger partial charge in [0.05, 0.1) is 22.8 Å². The zero-order chi connectivity index (χ0) is 18.3. The first-order valence-electron chi connectivity index (χ1n) is 8.35. The SMILES string of the molecule is Cc1c(C(=O)N2CCC(C(=O)O)C2)nnn1-c1cccc2cccnc12. The Kier molecular flexibility index (Phi) is 3.87. The molecule has 8 nitrogen and oxygen atoms in total. The maximum Gasteiger partial charge on any atom is 0.308 e. The lowest BCUT2D eigenvalue weighted by molar-refractivity contribution is -0.141. The fourth-order valence-electron chi connectivity index (χ4n) is 3.31. The highest BCUT2D eigenvalue weighted by Gasteiger charge is 2.33. The smallest absolute Gasteiger partial charge is 0.308 e. The molecule has 2 aromatic heterocycles. The number of rotatable bonds is 3. The second-order valence-corrected chi connectivity index (χ2v) is 6.36. The number of pyridine rings is 1. The summed E-state index contributed by atoms with van der Waals surface area (Å²) in [6.45, 7) is 2.40. The minimum absolute atomic E-state index is 0.205. The first-order chi connectivity index (χ1) is 12.6. The number of amides is 1. The standard InChI is InChI=1S/C18H17N5O3/c1-11-15(17(24)22-9-7-13(10-22)18(25)26)20-21-23(11)14-6-2-4-12-5-3-8-19-16(12)14/h2-6,8,13H,7,9-10H2,1H3,(H,25,26). The lowest BCUT2D eigenvalue weighted by Gasteiger charge is -2.14. The Morgan fingerprint density at radius 1 is 1.23 bits per heavy atom. The van der Waals surface area contributed by atoms with E-state index in [2.05, 4.69) is 15.3 Å². The number of aliphatic carboxylic acids is 1. The first kappa shape index (κ1) is 16.2. The Morgan fingerprint density at radius 2 is 2.04 bits per heavy atom. The molecule has 1 saturated heterocycles. The van der Waals surface area contributed by atoms with Crippen LogP contribution in [0.15, 0.2) is 36.5 Å². The Morgan fingerprint density at radius 3 is 2.81 bits per heavy atom. The van der Waals surface area contributed by atoms with Crippen molar-refractivity contribution in [2.24, 2.45) is 5.92 Å². The third kappa shape index (κ3) is 2.59. The molecule has 0 radical (unpaired) electrons. The number of nitrogens with zero attached hydrogens (tertiary/aromatic N) is 5. The van der Waals surface area contributed by atoms with Crippen LogP contribution in [-0.4, -0.2) is 55.0 Å². The molecule has 1 aliphatic heterocycles. The molecule has 3 heterocycles. The van der Waals surface area contributed by atoms with Crippen molar-refractivity contribution in [3.8, 4) is 5.69 Å². The Bertz CT molecular complexity index is 1010. The van der Waals surface area contributed by atoms with Crippen molar-refractivity contribution in [1.29, 1.82) is 0 Å². The van der Waals surface area contributed by atoms with E-state index in [0.717, 1.165) is 16.6 Å². The number of para-hydroxylation sites is 1. The average molecular weight is 351 g/mol. The first-order valence-corrected chi connectivity index (χ1v) is 8.35. The summed E-state index contributed by atoms with van der Waals surface area (Å²) in [5, 5.41) is 18.3. The van der Waals surface area contributed by atoms with Crippen LogP contribution in [0.3, 0.4) is 0 Å². The normalized spacial score (nSPS) is 17.0. The molecule has 1 fully saturated rings. The van der Waals surface area contributed by atoms with Crippen LogP contribution in [-0.2, 0) is 4.79 Å². The van der Waals surface area contributed by atoms with Gasteiger partial charge < -0.3 is 10.0 Å². The molecule has 8 heteroatoms. The van der Waals surface area contributed by atoms with Gasteiger partial charge in [0.1, 0.15) is 0 Å². The molecule has 1 unspecified atom stereocenters. The van der Waals surface area contributed by atoms with E-state index in [-0.39, 0.29) is 18.1 Å². The largest absolute Gasteiger partial charge is 0.481 e. The van der Waals surface area contributed by atoms with E-state index in [1.807, 2.05) is 30.3 Å². The van der Waals surface area contributed by atoms with Gasteiger partial charge in [-0.25, -0.2) is 4.68 Å². The summed E-state index contributed by atoms with van der Waals surface area (Å²) >= 11 is 0. The van der Waals surface area contributed by atoms with Crippen molar-refractivity contribution in [2.75, 3.05) is 13.1 Å². The number of hydrogen-bond acceptors (Lipinski definition) is 5. The Labute approximate surface area is 149 Å². The van der Waals surface area contributed by atoms with Crippen LogP contribution in [0.4, 0.5) is 0 Å². The Balaban J connectivity index is 1.69. The van der Waals surface area contributed by atoms with Gasteiger partial charge in [-0.05, 0) is 25.5 Å². The van der Waals surface area contributed by atoms with Crippen LogP contribution in [0.2, 0.25) is 0 Å². The van der Waals surface area contributed by atoms with Crippen LogP contribution in [0, 0.1) is 12.8 Å². The van der Waals surface area contributed by atoms with Gasteiger partial charge in [-0.1, -0.05) is 23.4 Å². The van der Waals surface area contributed by atoms with Crippen molar-refractivity contribution < 1.29 is 14.7 Å². The number of fused-ring (bicyclic) bond motifs is 1. The minimum atomic E-state index is -0.873. The van der Waals surface area contributed by atoms with Crippen LogP contribution >= 0.6 is 0 Å². The molecule has 3 aromatic rings. The topological polar surface area (TPSA) is 101 Å². The summed E-state index contributed by atoms with van der Waals surface area (Å²) < 4.78 is 1.60. The van der Waals surface area contributed by atoms with Gasteiger partial charge in [-0.3, -0.25) is 14.6 Å². The van der Waals surface area contributed by atoms with Crippen LogP contribution in [0.1, 0.15) is 22.6 Å². The number of benzene rings is 1. The number of aromatic nitrogens is 4. The summed E-state index contributed by atoms with van der Waals surface area (Å²) in [6, 6.07) is 9.56. The van der Waals surface area contributed by atoms with Gasteiger partial charge in [0.25, 0.3) is 5.91 Å². The number of hydrogen-bond donors (Lipinski definition) is 1. The molecule has 1 aromatic carbocycles. The summed E-state index contributed by atoms with van der Waals surface area (Å²) in [5.74, 6) is -1.68. The summed E-state index contributed by atoms with van der Waals surface area (Å²) in [6.07, 6.45) is 2.17. The van der Waals surface area contributed by atoms with Gasteiger partial charge in [0, 0.05) is 24.7 Å². The van der Waals surface area contributed by atoms with Gasteiger partial charge >= 0.3 is 5.97 Å². The maximum atomic E-state index is 12.7. The molecule has 1 N–H and O–H groups in total. The second-order valence-electron chi connectivity index (χ2n) is 6.36. The highest BCUT2D eigenvalue weighted by atomic mass is 16.4. The lowest BCUT2D eigenvalue weighted by Crippen LogP contribution is -2.30.